The molecule has 24 heteroatoms. The number of anilines is 2. The molecule has 0 radical (unpaired) electrons. The summed E-state index contributed by atoms with van der Waals surface area (Å²) < 4.78 is 116. The van der Waals surface area contributed by atoms with Crippen LogP contribution in [0.15, 0.2) is 140 Å². The number of carbonyl (C=O) groups excluding carboxylic acids is 5. The summed E-state index contributed by atoms with van der Waals surface area (Å²) >= 11 is 0. The summed E-state index contributed by atoms with van der Waals surface area (Å²) in [5, 5.41) is 6.28. The Morgan fingerprint density at radius 3 is 2.05 bits per heavy atom. The van der Waals surface area contributed by atoms with Gasteiger partial charge < -0.3 is 48.9 Å². The summed E-state index contributed by atoms with van der Waals surface area (Å²) in [4.78, 5) is 81.6. The molecule has 0 bridgehead atoms. The van der Waals surface area contributed by atoms with Crippen molar-refractivity contribution in [3.05, 3.63) is 185 Å². The number of hydrogen-bond donors (Lipinski definition) is 2. The lowest BCUT2D eigenvalue weighted by atomic mass is 9.72. The van der Waals surface area contributed by atoms with Crippen molar-refractivity contribution >= 4 is 41.1 Å². The van der Waals surface area contributed by atoms with E-state index in [-0.39, 0.29) is 61.3 Å². The van der Waals surface area contributed by atoms with Crippen LogP contribution in [0.1, 0.15) is 113 Å². The third-order valence-corrected chi connectivity index (χ3v) is 19.4. The molecule has 97 heavy (non-hydrogen) atoms. The minimum Gasteiger partial charge on any atom is -0.446 e. The average Bonchev–Trinajstić information content (AvgIpc) is 1.61. The summed E-state index contributed by atoms with van der Waals surface area (Å²) in [7, 11) is 5.24. The number of alkyl halides is 6. The summed E-state index contributed by atoms with van der Waals surface area (Å²) in [6.45, 7) is 5.17. The zero-order chi connectivity index (χ0) is 68.9. The normalized spacial score (nSPS) is 18.2. The standard InChI is InChI=1S/C73H84F7N9O8/c1-84(34-14-35-86(3)68(93)63-27-26-58(47-82-63)81-33-13-5-8-21-65(90)85(2)41-42-87-36-28-59(29-37-87)97-69(94)83-62-20-12-10-18-60(62)51-15-6-4-7-16-51)66(91)48-95-64-45-52-17-9-11-19-61(52)70(64)30-38-88(39-31-70)40-32-71(54-22-24-57(74)25-23-54)49-89(50-96-71)67(92)53-43-55(72(75,76)77)46-56(44-53)73(78,79)80/h4,6-7,9-12,15-20,22-27,43-44,46-47,59,64,81H,5,8,13-14,21,28-42,45,48-50H2,1-3H3,(H,83,94)/t64-,71+/m0/s1. The number of nitrogens with one attached hydrogen (secondary N) is 2. The molecule has 4 aliphatic rings. The van der Waals surface area contributed by atoms with Crippen LogP contribution < -0.4 is 10.6 Å². The molecule has 5 aromatic carbocycles. The molecule has 3 saturated heterocycles. The van der Waals surface area contributed by atoms with Crippen LogP contribution in [-0.4, -0.2) is 183 Å². The van der Waals surface area contributed by atoms with Crippen LogP contribution in [0.5, 0.6) is 0 Å². The summed E-state index contributed by atoms with van der Waals surface area (Å²) in [6.07, 6.45) is -2.54. The smallest absolute Gasteiger partial charge is 0.416 e. The number of ether oxygens (including phenoxy) is 3. The molecular weight excluding hydrogens is 1260 g/mol. The van der Waals surface area contributed by atoms with E-state index in [1.807, 2.05) is 79.8 Å². The van der Waals surface area contributed by atoms with Crippen molar-refractivity contribution in [1.29, 1.82) is 0 Å². The largest absolute Gasteiger partial charge is 0.446 e. The summed E-state index contributed by atoms with van der Waals surface area (Å²) in [6, 6.07) is 35.4. The molecule has 10 rings (SSSR count). The van der Waals surface area contributed by atoms with Crippen molar-refractivity contribution < 1.29 is 68.9 Å². The molecular formula is C73H84F7N9O8. The molecule has 0 saturated carbocycles. The molecule has 5 amide bonds. The second-order valence-electron chi connectivity index (χ2n) is 25.8. The Hall–Kier alpha value is -8.45. The maximum atomic E-state index is 14.2. The molecule has 1 aromatic heterocycles. The second kappa shape index (κ2) is 31.8. The Bertz CT molecular complexity index is 3630. The van der Waals surface area contributed by atoms with Crippen molar-refractivity contribution in [1.82, 2.24) is 34.4 Å². The van der Waals surface area contributed by atoms with Crippen LogP contribution in [0, 0.1) is 5.82 Å². The van der Waals surface area contributed by atoms with Gasteiger partial charge in [0.2, 0.25) is 11.8 Å². The third-order valence-electron chi connectivity index (χ3n) is 19.4. The number of likely N-dealkylation sites (tertiary alicyclic amines) is 2. The van der Waals surface area contributed by atoms with E-state index in [4.69, 9.17) is 14.2 Å². The average molecular weight is 1350 g/mol. The highest BCUT2D eigenvalue weighted by molar-refractivity contribution is 5.95. The van der Waals surface area contributed by atoms with Gasteiger partial charge in [0.25, 0.3) is 11.8 Å². The fourth-order valence-corrected chi connectivity index (χ4v) is 13.6. The molecule has 3 aliphatic heterocycles. The maximum Gasteiger partial charge on any atom is 0.416 e. The van der Waals surface area contributed by atoms with E-state index in [0.29, 0.717) is 101 Å². The van der Waals surface area contributed by atoms with Gasteiger partial charge >= 0.3 is 18.4 Å². The van der Waals surface area contributed by atoms with Gasteiger partial charge in [0.05, 0.1) is 41.3 Å². The Kier molecular flexibility index (Phi) is 23.4. The Morgan fingerprint density at radius 2 is 1.35 bits per heavy atom. The molecule has 518 valence electrons. The van der Waals surface area contributed by atoms with Gasteiger partial charge in [-0.05, 0) is 142 Å². The van der Waals surface area contributed by atoms with Crippen molar-refractivity contribution in [3.63, 3.8) is 0 Å². The second-order valence-corrected chi connectivity index (χ2v) is 25.8. The first-order valence-corrected chi connectivity index (χ1v) is 33.2. The van der Waals surface area contributed by atoms with E-state index in [2.05, 4.69) is 37.6 Å². The van der Waals surface area contributed by atoms with E-state index in [1.165, 1.54) is 24.3 Å². The number of amides is 5. The highest BCUT2D eigenvalue weighted by Gasteiger charge is 2.50. The number of hydrogen-bond acceptors (Lipinski definition) is 12. The minimum atomic E-state index is -5.15. The zero-order valence-corrected chi connectivity index (χ0v) is 54.9. The highest BCUT2D eigenvalue weighted by atomic mass is 19.4. The van der Waals surface area contributed by atoms with Gasteiger partial charge in [-0.3, -0.25) is 24.5 Å². The number of benzene rings is 5. The number of aromatic nitrogens is 1. The van der Waals surface area contributed by atoms with Crippen LogP contribution in [0.25, 0.3) is 11.1 Å². The van der Waals surface area contributed by atoms with E-state index < -0.39 is 64.6 Å². The lowest BCUT2D eigenvalue weighted by Gasteiger charge is -2.44. The maximum absolute atomic E-state index is 14.2. The molecule has 2 N–H and O–H groups in total. The first-order valence-electron chi connectivity index (χ1n) is 33.2. The predicted molar refractivity (Wildman–Crippen MR) is 353 cm³/mol. The molecule has 1 spiro atoms. The van der Waals surface area contributed by atoms with Crippen LogP contribution >= 0.6 is 0 Å². The number of carbonyl (C=O) groups is 5. The van der Waals surface area contributed by atoms with E-state index >= 15 is 0 Å². The minimum absolute atomic E-state index is 0.0300. The first-order chi connectivity index (χ1) is 46.5. The first kappa shape index (κ1) is 71.3. The molecule has 6 aromatic rings. The molecule has 2 atom stereocenters. The quantitative estimate of drug-likeness (QED) is 0.0390. The third kappa shape index (κ3) is 18.2. The van der Waals surface area contributed by atoms with Crippen molar-refractivity contribution in [2.45, 2.75) is 106 Å². The number of para-hydroxylation sites is 1. The van der Waals surface area contributed by atoms with Crippen LogP contribution in [-0.2, 0) is 53.6 Å². The van der Waals surface area contributed by atoms with E-state index in [9.17, 15) is 54.7 Å². The van der Waals surface area contributed by atoms with E-state index in [1.54, 1.807) is 41.1 Å². The number of unbranched alkanes of at least 4 members (excludes halogenated alkanes) is 2. The topological polar surface area (TPSA) is 169 Å². The van der Waals surface area contributed by atoms with Crippen molar-refractivity contribution in [2.75, 3.05) is 117 Å². The lowest BCUT2D eigenvalue weighted by Crippen LogP contribution is -2.50. The predicted octanol–water partition coefficient (Wildman–Crippen LogP) is 12.4. The number of likely N-dealkylation sites (N-methyl/N-ethyl adjacent to an activating group) is 2. The van der Waals surface area contributed by atoms with E-state index in [0.717, 1.165) is 84.6 Å². The molecule has 0 unspecified atom stereocenters. The monoisotopic (exact) mass is 1350 g/mol. The Balaban J connectivity index is 0.604. The fourth-order valence-electron chi connectivity index (χ4n) is 13.6. The zero-order valence-electron chi connectivity index (χ0n) is 54.9. The number of piperidine rings is 2. The van der Waals surface area contributed by atoms with Crippen molar-refractivity contribution in [3.8, 4) is 11.1 Å². The van der Waals surface area contributed by atoms with Crippen LogP contribution in [0.3, 0.4) is 0 Å². The fraction of sp³-hybridized carbons (Fsp3) is 0.452. The number of rotatable bonds is 26. The van der Waals surface area contributed by atoms with Crippen LogP contribution in [0.2, 0.25) is 0 Å². The van der Waals surface area contributed by atoms with Gasteiger partial charge in [0.1, 0.15) is 36.6 Å². The summed E-state index contributed by atoms with van der Waals surface area (Å²) in [5.41, 5.74) is 0.789. The Morgan fingerprint density at radius 1 is 0.691 bits per heavy atom. The lowest BCUT2D eigenvalue weighted by molar-refractivity contribution is -0.143. The molecule has 17 nitrogen and oxygen atoms in total. The van der Waals surface area contributed by atoms with Gasteiger partial charge in [-0.1, -0.05) is 91.3 Å². The molecule has 4 heterocycles. The van der Waals surface area contributed by atoms with Crippen molar-refractivity contribution in [2.24, 2.45) is 0 Å². The van der Waals surface area contributed by atoms with Gasteiger partial charge in [-0.25, -0.2) is 14.2 Å². The molecule has 1 aliphatic carbocycles. The van der Waals surface area contributed by atoms with Gasteiger partial charge in [-0.15, -0.1) is 0 Å². The number of fused-ring (bicyclic) bond motifs is 2. The highest BCUT2D eigenvalue weighted by Crippen LogP contribution is 2.48. The van der Waals surface area contributed by atoms with Gasteiger partial charge in [0.15, 0.2) is 0 Å². The van der Waals surface area contributed by atoms with Gasteiger partial charge in [0, 0.05) is 96.5 Å². The number of nitrogens with zero attached hydrogens (tertiary/aromatic N) is 7. The number of pyridine rings is 1. The summed E-state index contributed by atoms with van der Waals surface area (Å²) in [5.74, 6) is -1.96. The van der Waals surface area contributed by atoms with Crippen LogP contribution in [0.4, 0.5) is 46.9 Å². The SMILES string of the molecule is CN(CCN1CCC(OC(=O)Nc2ccccc2-c2ccccc2)CC1)C(=O)CCCCCNc1ccc(C(=O)N(C)CCCN(C)C(=O)CO[C@H]2Cc3ccccc3C23CCN(CC[C@]2(c4ccc(F)cc4)CN(C(=O)c4cc(C(F)(F)F)cc(C(F)(F)F)c4)CO2)CC3)nc1. The Labute approximate surface area is 561 Å². The number of halogens is 7. The van der Waals surface area contributed by atoms with Gasteiger partial charge in [-0.2, -0.15) is 26.3 Å². The molecule has 3 fully saturated rings.